The maximum absolute atomic E-state index is 12.6. The molecule has 30 heavy (non-hydrogen) atoms. The predicted octanol–water partition coefficient (Wildman–Crippen LogP) is 3.80. The van der Waals surface area contributed by atoms with Crippen molar-refractivity contribution < 1.29 is 19.1 Å². The number of likely N-dealkylation sites (tertiary alicyclic amines) is 1. The van der Waals surface area contributed by atoms with E-state index in [-0.39, 0.29) is 24.5 Å². The Morgan fingerprint density at radius 1 is 1.17 bits per heavy atom. The number of hydrogen-bond donors (Lipinski definition) is 1. The fourth-order valence-electron chi connectivity index (χ4n) is 3.70. The van der Waals surface area contributed by atoms with Gasteiger partial charge in [0.05, 0.1) is 10.9 Å². The number of carbonyl (C=O) groups is 3. The molecule has 1 unspecified atom stereocenters. The highest BCUT2D eigenvalue weighted by Gasteiger charge is 2.36. The maximum Gasteiger partial charge on any atom is 0.329 e. The van der Waals surface area contributed by atoms with Crippen LogP contribution in [-0.2, 0) is 14.3 Å². The summed E-state index contributed by atoms with van der Waals surface area (Å²) in [6.07, 6.45) is 2.08. The van der Waals surface area contributed by atoms with Crippen LogP contribution in [0.5, 0.6) is 0 Å². The molecule has 1 aromatic heterocycles. The van der Waals surface area contributed by atoms with Crippen LogP contribution in [0.3, 0.4) is 0 Å². The first kappa shape index (κ1) is 22.0. The lowest BCUT2D eigenvalue weighted by molar-refractivity contribution is -0.152. The standard InChI is InChI=1S/C23H28N2O4S/c1-16(2)14-18(17-8-4-3-5-9-17)24-21(26)15-29-23(28)19-10-6-12-25(19)22(27)20-11-7-13-30-20/h3-5,7-9,11,13,16,18-19H,6,10,12,14-15H2,1-2H3,(H,24,26)/t18?,19-/m0/s1. The number of ether oxygens (including phenoxy) is 1. The van der Waals surface area contributed by atoms with Crippen molar-refractivity contribution in [2.24, 2.45) is 5.92 Å². The number of amides is 2. The Hall–Kier alpha value is -2.67. The first-order chi connectivity index (χ1) is 14.5. The lowest BCUT2D eigenvalue weighted by atomic mass is 9.97. The van der Waals surface area contributed by atoms with Crippen LogP contribution in [-0.4, -0.2) is 41.9 Å². The van der Waals surface area contributed by atoms with Crippen LogP contribution in [0.2, 0.25) is 0 Å². The second-order valence-corrected chi connectivity index (χ2v) is 8.85. The molecule has 0 bridgehead atoms. The molecule has 0 spiro atoms. The topological polar surface area (TPSA) is 75.7 Å². The number of nitrogens with zero attached hydrogens (tertiary/aromatic N) is 1. The lowest BCUT2D eigenvalue weighted by Gasteiger charge is -2.23. The molecule has 1 aliphatic heterocycles. The third-order valence-corrected chi connectivity index (χ3v) is 5.97. The second-order valence-electron chi connectivity index (χ2n) is 7.90. The van der Waals surface area contributed by atoms with E-state index in [0.29, 0.717) is 23.8 Å². The van der Waals surface area contributed by atoms with Crippen LogP contribution in [0.4, 0.5) is 0 Å². The average Bonchev–Trinajstić information content (AvgIpc) is 3.43. The lowest BCUT2D eigenvalue weighted by Crippen LogP contribution is -2.42. The van der Waals surface area contributed by atoms with Crippen molar-refractivity contribution in [3.05, 3.63) is 58.3 Å². The van der Waals surface area contributed by atoms with Gasteiger partial charge >= 0.3 is 5.97 Å². The smallest absolute Gasteiger partial charge is 0.329 e. The Morgan fingerprint density at radius 3 is 2.60 bits per heavy atom. The van der Waals surface area contributed by atoms with Crippen molar-refractivity contribution in [1.29, 1.82) is 0 Å². The van der Waals surface area contributed by atoms with E-state index in [4.69, 9.17) is 4.74 Å². The highest BCUT2D eigenvalue weighted by atomic mass is 32.1. The van der Waals surface area contributed by atoms with Crippen LogP contribution in [0.25, 0.3) is 0 Å². The summed E-state index contributed by atoms with van der Waals surface area (Å²) < 4.78 is 5.29. The predicted molar refractivity (Wildman–Crippen MR) is 116 cm³/mol. The van der Waals surface area contributed by atoms with Crippen molar-refractivity contribution >= 4 is 29.1 Å². The Kier molecular flexibility index (Phi) is 7.63. The van der Waals surface area contributed by atoms with Crippen molar-refractivity contribution in [2.75, 3.05) is 13.2 Å². The van der Waals surface area contributed by atoms with Crippen LogP contribution in [0.1, 0.15) is 54.4 Å². The zero-order chi connectivity index (χ0) is 21.5. The van der Waals surface area contributed by atoms with Crippen molar-refractivity contribution in [1.82, 2.24) is 10.2 Å². The molecule has 2 atom stereocenters. The monoisotopic (exact) mass is 428 g/mol. The van der Waals surface area contributed by atoms with E-state index in [1.54, 1.807) is 11.0 Å². The Morgan fingerprint density at radius 2 is 1.93 bits per heavy atom. The van der Waals surface area contributed by atoms with Gasteiger partial charge in [-0.2, -0.15) is 0 Å². The van der Waals surface area contributed by atoms with Crippen LogP contribution in [0.15, 0.2) is 47.8 Å². The van der Waals surface area contributed by atoms with E-state index in [9.17, 15) is 14.4 Å². The second kappa shape index (κ2) is 10.4. The molecular weight excluding hydrogens is 400 g/mol. The molecule has 0 radical (unpaired) electrons. The third kappa shape index (κ3) is 5.69. The summed E-state index contributed by atoms with van der Waals surface area (Å²) in [7, 11) is 0. The molecule has 1 N–H and O–H groups in total. The molecule has 1 aromatic carbocycles. The van der Waals surface area contributed by atoms with Gasteiger partial charge in [0.15, 0.2) is 6.61 Å². The van der Waals surface area contributed by atoms with Crippen LogP contribution < -0.4 is 5.32 Å². The maximum atomic E-state index is 12.6. The minimum absolute atomic E-state index is 0.138. The normalized spacial score (nSPS) is 17.0. The third-order valence-electron chi connectivity index (χ3n) is 5.11. The van der Waals surface area contributed by atoms with E-state index in [0.717, 1.165) is 18.4 Å². The number of nitrogens with one attached hydrogen (secondary N) is 1. The first-order valence-electron chi connectivity index (χ1n) is 10.3. The van der Waals surface area contributed by atoms with Crippen molar-refractivity contribution in [2.45, 2.75) is 45.2 Å². The van der Waals surface area contributed by atoms with Gasteiger partial charge in [0.1, 0.15) is 6.04 Å². The summed E-state index contributed by atoms with van der Waals surface area (Å²) in [4.78, 5) is 39.8. The fourth-order valence-corrected chi connectivity index (χ4v) is 4.38. The molecule has 0 saturated carbocycles. The molecule has 2 heterocycles. The van der Waals surface area contributed by atoms with E-state index in [2.05, 4.69) is 19.2 Å². The summed E-state index contributed by atoms with van der Waals surface area (Å²) in [5.41, 5.74) is 1.02. The molecule has 0 aliphatic carbocycles. The number of carbonyl (C=O) groups excluding carboxylic acids is 3. The molecule has 7 heteroatoms. The molecule has 6 nitrogen and oxygen atoms in total. The van der Waals surface area contributed by atoms with Gasteiger partial charge in [0, 0.05) is 6.54 Å². The first-order valence-corrected chi connectivity index (χ1v) is 11.2. The van der Waals surface area contributed by atoms with E-state index in [1.165, 1.54) is 11.3 Å². The molecule has 2 aromatic rings. The number of hydrogen-bond acceptors (Lipinski definition) is 5. The van der Waals surface area contributed by atoms with E-state index >= 15 is 0 Å². The summed E-state index contributed by atoms with van der Waals surface area (Å²) in [6, 6.07) is 12.6. The van der Waals surface area contributed by atoms with Gasteiger partial charge < -0.3 is 15.0 Å². The Labute approximate surface area is 181 Å². The molecule has 160 valence electrons. The highest BCUT2D eigenvalue weighted by molar-refractivity contribution is 7.12. The van der Waals surface area contributed by atoms with Crippen LogP contribution in [0, 0.1) is 5.92 Å². The minimum atomic E-state index is -0.631. The highest BCUT2D eigenvalue weighted by Crippen LogP contribution is 2.23. The molecule has 1 saturated heterocycles. The van der Waals surface area contributed by atoms with Gasteiger partial charge in [0.2, 0.25) is 0 Å². The summed E-state index contributed by atoms with van der Waals surface area (Å²) >= 11 is 1.35. The largest absolute Gasteiger partial charge is 0.454 e. The zero-order valence-corrected chi connectivity index (χ0v) is 18.2. The number of thiophene rings is 1. The van der Waals surface area contributed by atoms with Gasteiger partial charge in [-0.25, -0.2) is 4.79 Å². The zero-order valence-electron chi connectivity index (χ0n) is 17.4. The van der Waals surface area contributed by atoms with Gasteiger partial charge in [-0.05, 0) is 42.2 Å². The van der Waals surface area contributed by atoms with Gasteiger partial charge in [-0.1, -0.05) is 50.2 Å². The van der Waals surface area contributed by atoms with E-state index < -0.39 is 12.0 Å². The quantitative estimate of drug-likeness (QED) is 0.649. The molecule has 2 amide bonds. The fraction of sp³-hybridized carbons (Fsp3) is 0.435. The van der Waals surface area contributed by atoms with E-state index in [1.807, 2.05) is 41.8 Å². The number of rotatable bonds is 8. The molecule has 1 fully saturated rings. The van der Waals surface area contributed by atoms with Gasteiger partial charge in [-0.15, -0.1) is 11.3 Å². The van der Waals surface area contributed by atoms with Crippen LogP contribution >= 0.6 is 11.3 Å². The Bertz CT molecular complexity index is 851. The average molecular weight is 429 g/mol. The molecular formula is C23H28N2O4S. The van der Waals surface area contributed by atoms with Gasteiger partial charge in [-0.3, -0.25) is 9.59 Å². The Balaban J connectivity index is 1.55. The van der Waals surface area contributed by atoms with Crippen molar-refractivity contribution in [3.8, 4) is 0 Å². The van der Waals surface area contributed by atoms with Gasteiger partial charge in [0.25, 0.3) is 11.8 Å². The van der Waals surface area contributed by atoms with Crippen molar-refractivity contribution in [3.63, 3.8) is 0 Å². The SMILES string of the molecule is CC(C)CC(NC(=O)COC(=O)[C@@H]1CCCN1C(=O)c1cccs1)c1ccccc1. The summed E-state index contributed by atoms with van der Waals surface area (Å²) in [6.45, 7) is 4.37. The number of esters is 1. The number of benzene rings is 1. The summed E-state index contributed by atoms with van der Waals surface area (Å²) in [5.74, 6) is -0.622. The minimum Gasteiger partial charge on any atom is -0.454 e. The molecule has 3 rings (SSSR count). The summed E-state index contributed by atoms with van der Waals surface area (Å²) in [5, 5.41) is 4.81. The molecule has 1 aliphatic rings.